The lowest BCUT2D eigenvalue weighted by Gasteiger charge is -2.16. The molecule has 1 heterocycles. The minimum Gasteiger partial charge on any atom is -0.494 e. The van der Waals surface area contributed by atoms with Gasteiger partial charge in [0.2, 0.25) is 5.91 Å². The highest BCUT2D eigenvalue weighted by Crippen LogP contribution is 2.78. The van der Waals surface area contributed by atoms with Crippen molar-refractivity contribution in [1.82, 2.24) is 4.57 Å². The maximum atomic E-state index is 12.4. The number of benzene rings is 1. The second-order valence-corrected chi connectivity index (χ2v) is 7.89. The van der Waals surface area contributed by atoms with Crippen molar-refractivity contribution in [3.8, 4) is 11.8 Å². The zero-order chi connectivity index (χ0) is 17.3. The summed E-state index contributed by atoms with van der Waals surface area (Å²) in [4.78, 5) is 12.4. The maximum Gasteiger partial charge on any atom is 0.244 e. The van der Waals surface area contributed by atoms with Crippen LogP contribution in [0.1, 0.15) is 54.2 Å². The van der Waals surface area contributed by atoms with Crippen molar-refractivity contribution >= 4 is 11.6 Å². The van der Waals surface area contributed by atoms with Crippen LogP contribution in [0.25, 0.3) is 0 Å². The lowest BCUT2D eigenvalue weighted by Crippen LogP contribution is -2.19. The molecule has 5 rings (SSSR count). The van der Waals surface area contributed by atoms with E-state index in [1.54, 1.807) is 0 Å². The number of carbonyl (C=O) groups is 1. The van der Waals surface area contributed by atoms with Gasteiger partial charge in [-0.2, -0.15) is 0 Å². The van der Waals surface area contributed by atoms with Crippen LogP contribution in [-0.2, 0) is 11.3 Å². The largest absolute Gasteiger partial charge is 0.494 e. The molecular formula is C20H22N2O3. The van der Waals surface area contributed by atoms with Crippen molar-refractivity contribution in [2.45, 2.75) is 51.0 Å². The molecule has 2 aromatic rings. The molecule has 5 heteroatoms. The van der Waals surface area contributed by atoms with Gasteiger partial charge >= 0.3 is 0 Å². The normalized spacial score (nSPS) is 24.5. The molecule has 1 aromatic heterocycles. The first-order valence-electron chi connectivity index (χ1n) is 9.02. The number of rotatable bonds is 3. The Bertz CT molecular complexity index is 840. The maximum absolute atomic E-state index is 12.4. The monoisotopic (exact) mass is 338 g/mol. The SMILES string of the molecule is Cc1ccc(NC(=O)Cn2c(O)c3c(c2O)C2CCC3C23CC3)cc1. The van der Waals surface area contributed by atoms with Gasteiger partial charge in [-0.05, 0) is 62.0 Å². The van der Waals surface area contributed by atoms with Crippen LogP contribution >= 0.6 is 0 Å². The zero-order valence-electron chi connectivity index (χ0n) is 14.2. The van der Waals surface area contributed by atoms with Crippen LogP contribution in [0.3, 0.4) is 0 Å². The van der Waals surface area contributed by atoms with E-state index in [1.807, 2.05) is 31.2 Å². The molecule has 2 saturated carbocycles. The lowest BCUT2D eigenvalue weighted by atomic mass is 9.91. The molecular weight excluding hydrogens is 316 g/mol. The second kappa shape index (κ2) is 4.81. The Morgan fingerprint density at radius 1 is 1.12 bits per heavy atom. The average molecular weight is 338 g/mol. The number of fused-ring (bicyclic) bond motifs is 3. The van der Waals surface area contributed by atoms with E-state index in [9.17, 15) is 15.0 Å². The Balaban J connectivity index is 1.41. The van der Waals surface area contributed by atoms with Gasteiger partial charge in [0.25, 0.3) is 0 Å². The summed E-state index contributed by atoms with van der Waals surface area (Å²) >= 11 is 0. The van der Waals surface area contributed by atoms with Crippen LogP contribution in [0.2, 0.25) is 0 Å². The molecule has 2 bridgehead atoms. The first kappa shape index (κ1) is 14.9. The molecule has 130 valence electrons. The van der Waals surface area contributed by atoms with Gasteiger partial charge in [-0.3, -0.25) is 9.36 Å². The fourth-order valence-corrected chi connectivity index (χ4v) is 5.31. The van der Waals surface area contributed by atoms with Gasteiger partial charge in [0.1, 0.15) is 6.54 Å². The number of aryl methyl sites for hydroxylation is 1. The molecule has 3 aliphatic rings. The predicted molar refractivity (Wildman–Crippen MR) is 94.0 cm³/mol. The number of nitrogens with one attached hydrogen (secondary N) is 1. The first-order chi connectivity index (χ1) is 12.0. The van der Waals surface area contributed by atoms with Crippen LogP contribution in [-0.4, -0.2) is 20.7 Å². The van der Waals surface area contributed by atoms with Crippen molar-refractivity contribution in [3.05, 3.63) is 41.0 Å². The highest BCUT2D eigenvalue weighted by molar-refractivity contribution is 5.91. The van der Waals surface area contributed by atoms with E-state index in [4.69, 9.17) is 0 Å². The molecule has 25 heavy (non-hydrogen) atoms. The number of aromatic nitrogens is 1. The minimum absolute atomic E-state index is 0.0784. The smallest absolute Gasteiger partial charge is 0.244 e. The van der Waals surface area contributed by atoms with Gasteiger partial charge in [0, 0.05) is 16.8 Å². The molecule has 2 atom stereocenters. The first-order valence-corrected chi connectivity index (χ1v) is 9.02. The fraction of sp³-hybridized carbons (Fsp3) is 0.450. The van der Waals surface area contributed by atoms with Crippen molar-refractivity contribution < 1.29 is 15.0 Å². The molecule has 1 spiro atoms. The summed E-state index contributed by atoms with van der Waals surface area (Å²) in [6, 6.07) is 7.56. The summed E-state index contributed by atoms with van der Waals surface area (Å²) in [5, 5.41) is 24.2. The van der Waals surface area contributed by atoms with Crippen molar-refractivity contribution in [2.75, 3.05) is 5.32 Å². The Morgan fingerprint density at radius 3 is 2.20 bits per heavy atom. The molecule has 0 radical (unpaired) electrons. The molecule has 2 fully saturated rings. The van der Waals surface area contributed by atoms with Gasteiger partial charge in [0.15, 0.2) is 11.8 Å². The number of hydrogen-bond donors (Lipinski definition) is 3. The number of aromatic hydroxyl groups is 2. The Hall–Kier alpha value is -2.43. The van der Waals surface area contributed by atoms with Crippen LogP contribution in [0.4, 0.5) is 5.69 Å². The highest BCUT2D eigenvalue weighted by atomic mass is 16.3. The highest BCUT2D eigenvalue weighted by Gasteiger charge is 2.66. The quantitative estimate of drug-likeness (QED) is 0.800. The third-order valence-electron chi connectivity index (χ3n) is 6.58. The van der Waals surface area contributed by atoms with Gasteiger partial charge in [0.05, 0.1) is 0 Å². The van der Waals surface area contributed by atoms with Crippen LogP contribution < -0.4 is 5.32 Å². The molecule has 3 aliphatic carbocycles. The fourth-order valence-electron chi connectivity index (χ4n) is 5.31. The number of anilines is 1. The summed E-state index contributed by atoms with van der Waals surface area (Å²) in [6.45, 7) is 1.91. The van der Waals surface area contributed by atoms with E-state index in [1.165, 1.54) is 17.4 Å². The van der Waals surface area contributed by atoms with Gasteiger partial charge in [-0.15, -0.1) is 0 Å². The summed E-state index contributed by atoms with van der Waals surface area (Å²) < 4.78 is 1.37. The van der Waals surface area contributed by atoms with Gasteiger partial charge < -0.3 is 15.5 Å². The average Bonchev–Trinajstić information content (AvgIpc) is 3.20. The van der Waals surface area contributed by atoms with Gasteiger partial charge in [-0.1, -0.05) is 17.7 Å². The van der Waals surface area contributed by atoms with E-state index in [-0.39, 0.29) is 24.2 Å². The van der Waals surface area contributed by atoms with Crippen molar-refractivity contribution in [3.63, 3.8) is 0 Å². The van der Waals surface area contributed by atoms with Crippen LogP contribution in [0.15, 0.2) is 24.3 Å². The van der Waals surface area contributed by atoms with E-state index in [2.05, 4.69) is 5.32 Å². The molecule has 5 nitrogen and oxygen atoms in total. The minimum atomic E-state index is -0.253. The van der Waals surface area contributed by atoms with Crippen LogP contribution in [0.5, 0.6) is 11.8 Å². The van der Waals surface area contributed by atoms with Gasteiger partial charge in [-0.25, -0.2) is 0 Å². The topological polar surface area (TPSA) is 74.5 Å². The number of carbonyl (C=O) groups excluding carboxylic acids is 1. The lowest BCUT2D eigenvalue weighted by molar-refractivity contribution is -0.116. The van der Waals surface area contributed by atoms with Crippen molar-refractivity contribution in [2.24, 2.45) is 5.41 Å². The third-order valence-corrected chi connectivity index (χ3v) is 6.58. The van der Waals surface area contributed by atoms with E-state index < -0.39 is 0 Å². The Morgan fingerprint density at radius 2 is 1.68 bits per heavy atom. The molecule has 0 saturated heterocycles. The van der Waals surface area contributed by atoms with Crippen LogP contribution in [0, 0.1) is 12.3 Å². The molecule has 1 amide bonds. The summed E-state index contributed by atoms with van der Waals surface area (Å²) in [7, 11) is 0. The second-order valence-electron chi connectivity index (χ2n) is 7.89. The van der Waals surface area contributed by atoms with E-state index in [0.29, 0.717) is 22.9 Å². The predicted octanol–water partition coefficient (Wildman–Crippen LogP) is 3.60. The Labute approximate surface area is 146 Å². The third kappa shape index (κ3) is 1.92. The molecule has 0 aliphatic heterocycles. The zero-order valence-corrected chi connectivity index (χ0v) is 14.2. The number of nitrogens with zero attached hydrogens (tertiary/aromatic N) is 1. The number of amides is 1. The van der Waals surface area contributed by atoms with E-state index in [0.717, 1.165) is 29.5 Å². The van der Waals surface area contributed by atoms with E-state index >= 15 is 0 Å². The molecule has 3 N–H and O–H groups in total. The summed E-state index contributed by atoms with van der Waals surface area (Å²) in [5.74, 6) is 0.645. The molecule has 2 unspecified atom stereocenters. The standard InChI is InChI=1S/C20H22N2O3/c1-11-2-4-12(5-3-11)21-15(23)10-22-18(24)16-13-6-7-14(17(16)19(22)25)20(13)8-9-20/h2-5,13-14,24-25H,6-10H2,1H3,(H,21,23). The Kier molecular flexibility index (Phi) is 2.86. The molecule has 1 aromatic carbocycles. The number of hydrogen-bond acceptors (Lipinski definition) is 3. The summed E-state index contributed by atoms with van der Waals surface area (Å²) in [5.41, 5.74) is 3.97. The van der Waals surface area contributed by atoms with Crippen molar-refractivity contribution in [1.29, 1.82) is 0 Å². The summed E-state index contributed by atoms with van der Waals surface area (Å²) in [6.07, 6.45) is 4.57.